The lowest BCUT2D eigenvalue weighted by molar-refractivity contribution is 0.585. The van der Waals surface area contributed by atoms with Gasteiger partial charge in [0, 0.05) is 6.54 Å². The van der Waals surface area contributed by atoms with Crippen LogP contribution in [0.5, 0.6) is 0 Å². The fourth-order valence-electron chi connectivity index (χ4n) is 2.54. The summed E-state index contributed by atoms with van der Waals surface area (Å²) in [6.07, 6.45) is 2.12. The number of aryl methyl sites for hydroxylation is 1. The fourth-order valence-corrected chi connectivity index (χ4v) is 4.85. The molecule has 8 heteroatoms. The Morgan fingerprint density at radius 1 is 1.22 bits per heavy atom. The Labute approximate surface area is 139 Å². The number of fused-ring (bicyclic) bond motifs is 1. The van der Waals surface area contributed by atoms with Crippen LogP contribution in [0.1, 0.15) is 39.2 Å². The summed E-state index contributed by atoms with van der Waals surface area (Å²) in [7, 11) is -6.83. The number of nitrogens with one attached hydrogen (secondary N) is 1. The normalized spacial score (nSPS) is 15.6. The summed E-state index contributed by atoms with van der Waals surface area (Å²) >= 11 is 0. The van der Waals surface area contributed by atoms with Crippen LogP contribution in [0.25, 0.3) is 0 Å². The molecule has 0 aromatic heterocycles. The second-order valence-corrected chi connectivity index (χ2v) is 10.3. The quantitative estimate of drug-likeness (QED) is 0.844. The molecule has 0 saturated heterocycles. The van der Waals surface area contributed by atoms with Gasteiger partial charge >= 0.3 is 0 Å². The van der Waals surface area contributed by atoms with E-state index in [9.17, 15) is 16.8 Å². The third-order valence-electron chi connectivity index (χ3n) is 3.84. The van der Waals surface area contributed by atoms with Gasteiger partial charge in [-0.1, -0.05) is 13.0 Å². The monoisotopic (exact) mass is 360 g/mol. The van der Waals surface area contributed by atoms with Crippen molar-refractivity contribution >= 4 is 31.4 Å². The number of sulfonamides is 2. The van der Waals surface area contributed by atoms with Crippen molar-refractivity contribution in [2.75, 3.05) is 21.3 Å². The Bertz CT molecular complexity index is 771. The highest BCUT2D eigenvalue weighted by Crippen LogP contribution is 2.32. The van der Waals surface area contributed by atoms with Crippen LogP contribution in [0.2, 0.25) is 0 Å². The molecule has 1 aromatic carbocycles. The van der Waals surface area contributed by atoms with Gasteiger partial charge in [-0.25, -0.2) is 16.8 Å². The van der Waals surface area contributed by atoms with Gasteiger partial charge in [-0.3, -0.25) is 9.03 Å². The fraction of sp³-hybridized carbons (Fsp3) is 0.600. The van der Waals surface area contributed by atoms with Gasteiger partial charge in [0.05, 0.1) is 22.4 Å². The van der Waals surface area contributed by atoms with E-state index < -0.39 is 25.3 Å². The lowest BCUT2D eigenvalue weighted by Crippen LogP contribution is -2.37. The molecule has 6 nitrogen and oxygen atoms in total. The highest BCUT2D eigenvalue weighted by Gasteiger charge is 2.27. The van der Waals surface area contributed by atoms with Gasteiger partial charge in [-0.05, 0) is 50.8 Å². The summed E-state index contributed by atoms with van der Waals surface area (Å²) in [5.41, 5.74) is 1.92. The van der Waals surface area contributed by atoms with Crippen molar-refractivity contribution in [3.05, 3.63) is 23.8 Å². The van der Waals surface area contributed by atoms with Gasteiger partial charge in [0.15, 0.2) is 0 Å². The van der Waals surface area contributed by atoms with Crippen LogP contribution < -0.4 is 9.03 Å². The van der Waals surface area contributed by atoms with Crippen molar-refractivity contribution in [1.29, 1.82) is 0 Å². The second-order valence-electron chi connectivity index (χ2n) is 6.03. The van der Waals surface area contributed by atoms with Gasteiger partial charge in [0.1, 0.15) is 0 Å². The van der Waals surface area contributed by atoms with E-state index in [1.54, 1.807) is 32.0 Å². The molecule has 0 fully saturated rings. The van der Waals surface area contributed by atoms with E-state index >= 15 is 0 Å². The largest absolute Gasteiger partial charge is 0.283 e. The number of benzene rings is 1. The number of rotatable bonds is 6. The first-order valence-corrected chi connectivity index (χ1v) is 11.0. The number of hydrogen-bond donors (Lipinski definition) is 1. The molecule has 0 unspecified atom stereocenters. The first-order chi connectivity index (χ1) is 10.7. The maximum Gasteiger partial charge on any atom is 0.235 e. The predicted molar refractivity (Wildman–Crippen MR) is 93.9 cm³/mol. The zero-order chi connectivity index (χ0) is 17.3. The third-order valence-corrected chi connectivity index (χ3v) is 7.58. The molecule has 0 bridgehead atoms. The van der Waals surface area contributed by atoms with E-state index in [0.717, 1.165) is 18.4 Å². The summed E-state index contributed by atoms with van der Waals surface area (Å²) in [5, 5.41) is -0.557. The molecule has 0 radical (unpaired) electrons. The van der Waals surface area contributed by atoms with Crippen LogP contribution in [0.4, 0.5) is 11.4 Å². The molecule has 130 valence electrons. The van der Waals surface area contributed by atoms with Gasteiger partial charge in [-0.15, -0.1) is 0 Å². The molecule has 0 saturated carbocycles. The van der Waals surface area contributed by atoms with E-state index in [1.807, 2.05) is 6.92 Å². The zero-order valence-electron chi connectivity index (χ0n) is 13.7. The molecule has 0 aliphatic carbocycles. The summed E-state index contributed by atoms with van der Waals surface area (Å²) in [4.78, 5) is 0. The smallest absolute Gasteiger partial charge is 0.235 e. The molecule has 1 heterocycles. The van der Waals surface area contributed by atoms with Gasteiger partial charge in [-0.2, -0.15) is 0 Å². The van der Waals surface area contributed by atoms with Crippen LogP contribution in [0, 0.1) is 0 Å². The summed E-state index contributed by atoms with van der Waals surface area (Å²) in [5.74, 6) is 0.0917. The molecule has 0 amide bonds. The van der Waals surface area contributed by atoms with Crippen molar-refractivity contribution in [3.63, 3.8) is 0 Å². The van der Waals surface area contributed by atoms with Crippen molar-refractivity contribution < 1.29 is 16.8 Å². The number of nitrogens with zero attached hydrogens (tertiary/aromatic N) is 1. The molecule has 1 aliphatic rings. The Hall–Kier alpha value is -1.28. The highest BCUT2D eigenvalue weighted by atomic mass is 32.2. The highest BCUT2D eigenvalue weighted by molar-refractivity contribution is 7.93. The molecule has 23 heavy (non-hydrogen) atoms. The molecular weight excluding hydrogens is 336 g/mol. The minimum absolute atomic E-state index is 0.0917. The van der Waals surface area contributed by atoms with E-state index in [4.69, 9.17) is 0 Å². The Balaban J connectivity index is 2.40. The van der Waals surface area contributed by atoms with Crippen LogP contribution in [0.3, 0.4) is 0 Å². The molecule has 2 rings (SSSR count). The maximum absolute atomic E-state index is 12.4. The van der Waals surface area contributed by atoms with E-state index in [1.165, 1.54) is 4.31 Å². The van der Waals surface area contributed by atoms with Crippen molar-refractivity contribution in [2.45, 2.75) is 45.3 Å². The maximum atomic E-state index is 12.4. The molecule has 1 N–H and O–H groups in total. The summed E-state index contributed by atoms with van der Waals surface area (Å²) in [6.45, 7) is 5.46. The first-order valence-electron chi connectivity index (χ1n) is 7.82. The molecule has 0 atom stereocenters. The average molecular weight is 361 g/mol. The second kappa shape index (κ2) is 6.68. The van der Waals surface area contributed by atoms with Crippen LogP contribution in [-0.2, 0) is 26.5 Å². The van der Waals surface area contributed by atoms with E-state index in [-0.39, 0.29) is 5.75 Å². The Kier molecular flexibility index (Phi) is 5.25. The minimum Gasteiger partial charge on any atom is -0.283 e. The van der Waals surface area contributed by atoms with Crippen molar-refractivity contribution in [3.8, 4) is 0 Å². The van der Waals surface area contributed by atoms with E-state index in [2.05, 4.69) is 4.72 Å². The lowest BCUT2D eigenvalue weighted by Gasteiger charge is -2.31. The molecule has 1 aliphatic heterocycles. The van der Waals surface area contributed by atoms with Gasteiger partial charge < -0.3 is 0 Å². The average Bonchev–Trinajstić information content (AvgIpc) is 2.45. The minimum atomic E-state index is -3.46. The SMILES string of the molecule is CCCS(=O)(=O)N1CCCc2ccc(NS(=O)(=O)C(C)C)cc21. The van der Waals surface area contributed by atoms with Crippen LogP contribution in [0.15, 0.2) is 18.2 Å². The Morgan fingerprint density at radius 3 is 2.52 bits per heavy atom. The topological polar surface area (TPSA) is 83.6 Å². The zero-order valence-corrected chi connectivity index (χ0v) is 15.4. The standard InChI is InChI=1S/C15H24N2O4S2/c1-4-10-22(18,19)17-9-5-6-13-7-8-14(11-15(13)17)16-23(20,21)12(2)3/h7-8,11-12,16H,4-6,9-10H2,1-3H3. The first kappa shape index (κ1) is 18.1. The molecule has 1 aromatic rings. The molecular formula is C15H24N2O4S2. The van der Waals surface area contributed by atoms with Crippen molar-refractivity contribution in [1.82, 2.24) is 0 Å². The number of hydrogen-bond acceptors (Lipinski definition) is 4. The van der Waals surface area contributed by atoms with Gasteiger partial charge in [0.25, 0.3) is 0 Å². The van der Waals surface area contributed by atoms with Crippen LogP contribution >= 0.6 is 0 Å². The predicted octanol–water partition coefficient (Wildman–Crippen LogP) is 2.33. The summed E-state index contributed by atoms with van der Waals surface area (Å²) in [6, 6.07) is 5.12. The number of anilines is 2. The lowest BCUT2D eigenvalue weighted by atomic mass is 10.0. The van der Waals surface area contributed by atoms with E-state index in [0.29, 0.717) is 24.3 Å². The Morgan fingerprint density at radius 2 is 1.91 bits per heavy atom. The third kappa shape index (κ3) is 3.98. The van der Waals surface area contributed by atoms with Crippen molar-refractivity contribution in [2.24, 2.45) is 0 Å². The summed E-state index contributed by atoms with van der Waals surface area (Å²) < 4.78 is 52.8. The van der Waals surface area contributed by atoms with Gasteiger partial charge in [0.2, 0.25) is 20.0 Å². The molecule has 0 spiro atoms. The van der Waals surface area contributed by atoms with Crippen LogP contribution in [-0.4, -0.2) is 34.4 Å².